The van der Waals surface area contributed by atoms with Crippen LogP contribution in [0.4, 0.5) is 0 Å². The zero-order valence-electron chi connectivity index (χ0n) is 15.6. The summed E-state index contributed by atoms with van der Waals surface area (Å²) in [7, 11) is 0. The van der Waals surface area contributed by atoms with Crippen molar-refractivity contribution in [2.75, 3.05) is 19.6 Å². The van der Waals surface area contributed by atoms with E-state index in [2.05, 4.69) is 51.5 Å². The zero-order chi connectivity index (χ0) is 18.5. The maximum atomic E-state index is 11.8. The van der Waals surface area contributed by atoms with Gasteiger partial charge in [-0.05, 0) is 55.0 Å². The average molecular weight is 359 g/mol. The predicted octanol–water partition coefficient (Wildman–Crippen LogP) is 5.29. The number of azo groups is 1. The molecule has 0 fully saturated rings. The molecule has 2 heterocycles. The van der Waals surface area contributed by atoms with Gasteiger partial charge in [0.05, 0.1) is 6.04 Å². The first-order chi connectivity index (χ1) is 13.3. The third-order valence-electron chi connectivity index (χ3n) is 5.48. The Morgan fingerprint density at radius 1 is 1.00 bits per heavy atom. The van der Waals surface area contributed by atoms with Gasteiger partial charge in [-0.2, -0.15) is 5.11 Å². The van der Waals surface area contributed by atoms with Crippen LogP contribution in [0.1, 0.15) is 53.2 Å². The summed E-state index contributed by atoms with van der Waals surface area (Å²) in [5.74, 6) is -0.212. The van der Waals surface area contributed by atoms with Gasteiger partial charge in [-0.3, -0.25) is 9.69 Å². The molecule has 0 aromatic heterocycles. The molecular formula is C23H25N3O. The molecule has 4 nitrogen and oxygen atoms in total. The van der Waals surface area contributed by atoms with Crippen molar-refractivity contribution in [3.8, 4) is 0 Å². The first-order valence-corrected chi connectivity index (χ1v) is 9.82. The molecule has 0 bridgehead atoms. The van der Waals surface area contributed by atoms with Gasteiger partial charge in [-0.1, -0.05) is 54.6 Å². The summed E-state index contributed by atoms with van der Waals surface area (Å²) in [5, 5.41) is 8.06. The lowest BCUT2D eigenvalue weighted by Gasteiger charge is -2.26. The summed E-state index contributed by atoms with van der Waals surface area (Å²) in [5.41, 5.74) is 4.57. The fourth-order valence-electron chi connectivity index (χ4n) is 3.94. The summed E-state index contributed by atoms with van der Waals surface area (Å²) in [6.45, 7) is 3.27. The summed E-state index contributed by atoms with van der Waals surface area (Å²) >= 11 is 0. The van der Waals surface area contributed by atoms with Crippen LogP contribution in [-0.2, 0) is 0 Å². The fourth-order valence-corrected chi connectivity index (χ4v) is 3.94. The number of rotatable bonds is 6. The molecule has 138 valence electrons. The number of hydrogen-bond acceptors (Lipinski definition) is 3. The highest BCUT2D eigenvalue weighted by molar-refractivity contribution is 5.96. The van der Waals surface area contributed by atoms with Crippen molar-refractivity contribution in [1.29, 1.82) is 0 Å². The summed E-state index contributed by atoms with van der Waals surface area (Å²) < 4.78 is 0. The van der Waals surface area contributed by atoms with E-state index in [0.717, 1.165) is 50.9 Å². The molecule has 0 N–H and O–H groups in total. The van der Waals surface area contributed by atoms with Crippen molar-refractivity contribution in [3.05, 3.63) is 77.4 Å². The molecular weight excluding hydrogens is 334 g/mol. The SMILES string of the molecule is O=C1N=NC(CCCCN2CC=C(c3ccccc3)CC2)c2ccccc21. The van der Waals surface area contributed by atoms with E-state index < -0.39 is 0 Å². The Morgan fingerprint density at radius 3 is 2.63 bits per heavy atom. The van der Waals surface area contributed by atoms with Gasteiger partial charge in [-0.15, -0.1) is 5.11 Å². The average Bonchev–Trinajstić information content (AvgIpc) is 2.74. The van der Waals surface area contributed by atoms with Crippen LogP contribution >= 0.6 is 0 Å². The van der Waals surface area contributed by atoms with Gasteiger partial charge in [0.15, 0.2) is 0 Å². The lowest BCUT2D eigenvalue weighted by atomic mass is 9.95. The van der Waals surface area contributed by atoms with Gasteiger partial charge < -0.3 is 0 Å². The maximum Gasteiger partial charge on any atom is 0.295 e. The highest BCUT2D eigenvalue weighted by Crippen LogP contribution is 2.31. The normalized spacial score (nSPS) is 19.6. The van der Waals surface area contributed by atoms with Crippen LogP contribution in [0.15, 0.2) is 70.9 Å². The van der Waals surface area contributed by atoms with Crippen LogP contribution in [-0.4, -0.2) is 30.4 Å². The second-order valence-corrected chi connectivity index (χ2v) is 7.27. The van der Waals surface area contributed by atoms with Crippen molar-refractivity contribution in [3.63, 3.8) is 0 Å². The number of nitrogens with zero attached hydrogens (tertiary/aromatic N) is 3. The van der Waals surface area contributed by atoms with E-state index in [9.17, 15) is 4.79 Å². The monoisotopic (exact) mass is 359 g/mol. The van der Waals surface area contributed by atoms with Crippen molar-refractivity contribution < 1.29 is 4.79 Å². The lowest BCUT2D eigenvalue weighted by Crippen LogP contribution is -2.29. The molecule has 0 spiro atoms. The van der Waals surface area contributed by atoms with E-state index in [-0.39, 0.29) is 11.9 Å². The Labute approximate surface area is 160 Å². The third-order valence-corrected chi connectivity index (χ3v) is 5.48. The number of benzene rings is 2. The van der Waals surface area contributed by atoms with Crippen LogP contribution in [0.25, 0.3) is 5.57 Å². The Bertz CT molecular complexity index is 857. The van der Waals surface area contributed by atoms with E-state index >= 15 is 0 Å². The lowest BCUT2D eigenvalue weighted by molar-refractivity contribution is 0.0984. The first kappa shape index (κ1) is 17.8. The van der Waals surface area contributed by atoms with Gasteiger partial charge in [0, 0.05) is 18.7 Å². The largest absolute Gasteiger partial charge is 0.299 e. The maximum absolute atomic E-state index is 11.8. The van der Waals surface area contributed by atoms with Crippen LogP contribution in [0.2, 0.25) is 0 Å². The molecule has 1 amide bonds. The molecule has 4 heteroatoms. The minimum Gasteiger partial charge on any atom is -0.299 e. The van der Waals surface area contributed by atoms with E-state index in [1.807, 2.05) is 24.3 Å². The highest BCUT2D eigenvalue weighted by Gasteiger charge is 2.23. The molecule has 0 radical (unpaired) electrons. The van der Waals surface area contributed by atoms with Crippen LogP contribution in [0.3, 0.4) is 0 Å². The Morgan fingerprint density at radius 2 is 1.81 bits per heavy atom. The fraction of sp³-hybridized carbons (Fsp3) is 0.348. The minimum atomic E-state index is -0.212. The molecule has 4 rings (SSSR count). The number of amides is 1. The molecule has 0 aliphatic carbocycles. The zero-order valence-corrected chi connectivity index (χ0v) is 15.6. The molecule has 2 aromatic rings. The Hall–Kier alpha value is -2.59. The molecule has 2 aliphatic rings. The molecule has 1 unspecified atom stereocenters. The number of unbranched alkanes of at least 4 members (excludes halogenated alkanes) is 1. The Kier molecular flexibility index (Phi) is 5.54. The number of carbonyl (C=O) groups is 1. The number of carbonyl (C=O) groups excluding carboxylic acids is 1. The van der Waals surface area contributed by atoms with E-state index in [4.69, 9.17) is 0 Å². The first-order valence-electron chi connectivity index (χ1n) is 9.82. The third kappa shape index (κ3) is 4.22. The molecule has 1 atom stereocenters. The van der Waals surface area contributed by atoms with Crippen molar-refractivity contribution in [2.45, 2.75) is 31.7 Å². The van der Waals surface area contributed by atoms with Gasteiger partial charge in [0.2, 0.25) is 0 Å². The smallest absolute Gasteiger partial charge is 0.295 e. The predicted molar refractivity (Wildman–Crippen MR) is 108 cm³/mol. The summed E-state index contributed by atoms with van der Waals surface area (Å²) in [6.07, 6.45) is 6.69. The minimum absolute atomic E-state index is 0.0323. The standard InChI is InChI=1S/C23H25N3O/c27-23-21-11-5-4-10-20(21)22(24-25-23)12-6-7-15-26-16-13-19(14-17-26)18-8-2-1-3-9-18/h1-5,8-11,13,22H,6-7,12,14-17H2. The van der Waals surface area contributed by atoms with Gasteiger partial charge in [-0.25, -0.2) is 0 Å². The van der Waals surface area contributed by atoms with Crippen molar-refractivity contribution in [1.82, 2.24) is 4.90 Å². The molecule has 27 heavy (non-hydrogen) atoms. The van der Waals surface area contributed by atoms with Crippen LogP contribution in [0, 0.1) is 0 Å². The number of hydrogen-bond donors (Lipinski definition) is 0. The molecule has 0 saturated carbocycles. The molecule has 0 saturated heterocycles. The van der Waals surface area contributed by atoms with Gasteiger partial charge in [0.1, 0.15) is 0 Å². The van der Waals surface area contributed by atoms with E-state index in [1.54, 1.807) is 0 Å². The second-order valence-electron chi connectivity index (χ2n) is 7.27. The van der Waals surface area contributed by atoms with Crippen molar-refractivity contribution in [2.24, 2.45) is 10.2 Å². The quantitative estimate of drug-likeness (QED) is 0.658. The topological polar surface area (TPSA) is 45.0 Å². The van der Waals surface area contributed by atoms with Crippen LogP contribution < -0.4 is 0 Å². The summed E-state index contributed by atoms with van der Waals surface area (Å²) in [6, 6.07) is 18.4. The van der Waals surface area contributed by atoms with E-state index in [0.29, 0.717) is 5.56 Å². The number of fused-ring (bicyclic) bond motifs is 1. The van der Waals surface area contributed by atoms with Crippen LogP contribution in [0.5, 0.6) is 0 Å². The molecule has 2 aromatic carbocycles. The van der Waals surface area contributed by atoms with Crippen molar-refractivity contribution >= 4 is 11.5 Å². The van der Waals surface area contributed by atoms with Gasteiger partial charge in [0.25, 0.3) is 5.91 Å². The van der Waals surface area contributed by atoms with E-state index in [1.165, 1.54) is 11.1 Å². The molecule has 2 aliphatic heterocycles. The Balaban J connectivity index is 1.24. The highest BCUT2D eigenvalue weighted by atomic mass is 16.1. The van der Waals surface area contributed by atoms with Gasteiger partial charge >= 0.3 is 0 Å². The summed E-state index contributed by atoms with van der Waals surface area (Å²) in [4.78, 5) is 14.3. The second kappa shape index (κ2) is 8.40.